The van der Waals surface area contributed by atoms with Crippen LogP contribution in [0.2, 0.25) is 5.02 Å². The third kappa shape index (κ3) is 4.35. The molecule has 0 atom stereocenters. The van der Waals surface area contributed by atoms with E-state index >= 15 is 0 Å². The first kappa shape index (κ1) is 17.4. The van der Waals surface area contributed by atoms with Crippen LogP contribution < -0.4 is 4.74 Å². The Hall–Kier alpha value is -2.44. The number of benzene rings is 2. The van der Waals surface area contributed by atoms with Gasteiger partial charge < -0.3 is 4.74 Å². The largest absolute Gasteiger partial charge is 0.486 e. The fraction of sp³-hybridized carbons (Fsp3) is 0.167. The summed E-state index contributed by atoms with van der Waals surface area (Å²) in [5.41, 5.74) is 3.31. The Morgan fingerprint density at radius 1 is 1.20 bits per heavy atom. The standard InChI is InChI=1S/C18H17ClN4OS/c1-12-3-8-16(9-13(12)2)24-11-17-21-22-18(25)23(17)20-10-14-4-6-15(19)7-5-14/h3-10H,11H2,1-2H3,(H,22,25)/b20-10+. The normalized spacial score (nSPS) is 11.2. The summed E-state index contributed by atoms with van der Waals surface area (Å²) in [6.07, 6.45) is 1.70. The zero-order valence-corrected chi connectivity index (χ0v) is 15.4. The van der Waals surface area contributed by atoms with Gasteiger partial charge in [-0.3, -0.25) is 0 Å². The van der Waals surface area contributed by atoms with Crippen molar-refractivity contribution in [2.75, 3.05) is 0 Å². The average molecular weight is 373 g/mol. The molecule has 0 aliphatic carbocycles. The number of H-pyrrole nitrogens is 1. The monoisotopic (exact) mass is 372 g/mol. The zero-order chi connectivity index (χ0) is 17.8. The third-order valence-electron chi connectivity index (χ3n) is 3.76. The minimum atomic E-state index is 0.258. The maximum Gasteiger partial charge on any atom is 0.216 e. The second kappa shape index (κ2) is 7.63. The Morgan fingerprint density at radius 2 is 1.96 bits per heavy atom. The van der Waals surface area contributed by atoms with Crippen molar-refractivity contribution in [3.05, 3.63) is 74.8 Å². The van der Waals surface area contributed by atoms with Gasteiger partial charge in [0, 0.05) is 5.02 Å². The number of rotatable bonds is 5. The summed E-state index contributed by atoms with van der Waals surface area (Å²) in [5.74, 6) is 1.37. The van der Waals surface area contributed by atoms with Gasteiger partial charge in [0.2, 0.25) is 4.77 Å². The van der Waals surface area contributed by atoms with Crippen molar-refractivity contribution in [3.8, 4) is 5.75 Å². The Labute approximate surface area is 155 Å². The van der Waals surface area contributed by atoms with E-state index in [-0.39, 0.29) is 6.61 Å². The van der Waals surface area contributed by atoms with Crippen LogP contribution in [0.1, 0.15) is 22.5 Å². The molecule has 7 heteroatoms. The molecule has 1 aromatic heterocycles. The van der Waals surface area contributed by atoms with Gasteiger partial charge >= 0.3 is 0 Å². The predicted octanol–water partition coefficient (Wildman–Crippen LogP) is 4.67. The van der Waals surface area contributed by atoms with Crippen molar-refractivity contribution >= 4 is 30.0 Å². The lowest BCUT2D eigenvalue weighted by Crippen LogP contribution is -2.04. The van der Waals surface area contributed by atoms with Gasteiger partial charge in [-0.1, -0.05) is 29.8 Å². The molecule has 5 nitrogen and oxygen atoms in total. The molecule has 3 aromatic rings. The quantitative estimate of drug-likeness (QED) is 0.523. The summed E-state index contributed by atoms with van der Waals surface area (Å²) < 4.78 is 7.76. The van der Waals surface area contributed by atoms with Crippen LogP contribution in [-0.2, 0) is 6.61 Å². The van der Waals surface area contributed by atoms with Gasteiger partial charge in [-0.25, -0.2) is 5.10 Å². The van der Waals surface area contributed by atoms with Crippen LogP contribution in [-0.4, -0.2) is 21.1 Å². The molecule has 0 saturated carbocycles. The maximum absolute atomic E-state index is 5.88. The number of hydrogen-bond acceptors (Lipinski definition) is 4. The predicted molar refractivity (Wildman–Crippen MR) is 102 cm³/mol. The summed E-state index contributed by atoms with van der Waals surface area (Å²) >= 11 is 11.1. The number of nitrogens with one attached hydrogen (secondary N) is 1. The summed E-state index contributed by atoms with van der Waals surface area (Å²) in [6, 6.07) is 13.3. The molecular formula is C18H17ClN4OS. The Kier molecular flexibility index (Phi) is 5.31. The van der Waals surface area contributed by atoms with Gasteiger partial charge in [0.15, 0.2) is 5.82 Å². The molecule has 0 amide bonds. The fourth-order valence-electron chi connectivity index (χ4n) is 2.16. The topological polar surface area (TPSA) is 55.2 Å². The maximum atomic E-state index is 5.88. The van der Waals surface area contributed by atoms with Gasteiger partial charge in [0.25, 0.3) is 0 Å². The van der Waals surface area contributed by atoms with Gasteiger partial charge in [-0.2, -0.15) is 14.9 Å². The van der Waals surface area contributed by atoms with Crippen molar-refractivity contribution in [1.82, 2.24) is 14.9 Å². The van der Waals surface area contributed by atoms with Gasteiger partial charge in [-0.15, -0.1) is 0 Å². The SMILES string of the molecule is Cc1ccc(OCc2n[nH]c(=S)n2/N=C/c2ccc(Cl)cc2)cc1C. The van der Waals surface area contributed by atoms with E-state index in [1.54, 1.807) is 23.0 Å². The molecule has 0 unspecified atom stereocenters. The molecular weight excluding hydrogens is 356 g/mol. The molecule has 3 rings (SSSR count). The lowest BCUT2D eigenvalue weighted by molar-refractivity contribution is 0.290. The highest BCUT2D eigenvalue weighted by atomic mass is 35.5. The van der Waals surface area contributed by atoms with E-state index in [1.807, 2.05) is 30.3 Å². The van der Waals surface area contributed by atoms with Crippen LogP contribution in [0, 0.1) is 18.6 Å². The van der Waals surface area contributed by atoms with Crippen LogP contribution in [0.4, 0.5) is 0 Å². The van der Waals surface area contributed by atoms with Crippen LogP contribution >= 0.6 is 23.8 Å². The van der Waals surface area contributed by atoms with E-state index in [9.17, 15) is 0 Å². The first-order valence-corrected chi connectivity index (χ1v) is 8.48. The molecule has 0 fully saturated rings. The van der Waals surface area contributed by atoms with Crippen molar-refractivity contribution in [2.45, 2.75) is 20.5 Å². The first-order chi connectivity index (χ1) is 12.0. The molecule has 0 aliphatic rings. The van der Waals surface area contributed by atoms with E-state index in [1.165, 1.54) is 11.1 Å². The fourth-order valence-corrected chi connectivity index (χ4v) is 2.49. The molecule has 0 saturated heterocycles. The van der Waals surface area contributed by atoms with E-state index in [2.05, 4.69) is 29.1 Å². The Bertz CT molecular complexity index is 960. The lowest BCUT2D eigenvalue weighted by Gasteiger charge is -2.07. The number of halogens is 1. The third-order valence-corrected chi connectivity index (χ3v) is 4.27. The minimum absolute atomic E-state index is 0.258. The number of ether oxygens (including phenoxy) is 1. The number of aromatic nitrogens is 3. The molecule has 1 heterocycles. The molecule has 1 N–H and O–H groups in total. The van der Waals surface area contributed by atoms with Crippen molar-refractivity contribution in [2.24, 2.45) is 5.10 Å². The number of aromatic amines is 1. The van der Waals surface area contributed by atoms with Crippen molar-refractivity contribution in [1.29, 1.82) is 0 Å². The number of hydrogen-bond donors (Lipinski definition) is 1. The van der Waals surface area contributed by atoms with E-state index in [0.717, 1.165) is 11.3 Å². The summed E-state index contributed by atoms with van der Waals surface area (Å²) in [6.45, 7) is 4.37. The molecule has 0 radical (unpaired) electrons. The summed E-state index contributed by atoms with van der Waals surface area (Å²) in [5, 5.41) is 12.0. The Balaban J connectivity index is 1.76. The minimum Gasteiger partial charge on any atom is -0.486 e. The lowest BCUT2D eigenvalue weighted by atomic mass is 10.1. The van der Waals surface area contributed by atoms with E-state index < -0.39 is 0 Å². The molecule has 128 valence electrons. The van der Waals surface area contributed by atoms with Crippen LogP contribution in [0.25, 0.3) is 0 Å². The number of aryl methyl sites for hydroxylation is 2. The highest BCUT2D eigenvalue weighted by Gasteiger charge is 2.06. The van der Waals surface area contributed by atoms with Crippen LogP contribution in [0.15, 0.2) is 47.6 Å². The molecule has 2 aromatic carbocycles. The summed E-state index contributed by atoms with van der Waals surface area (Å²) in [4.78, 5) is 0. The molecule has 0 spiro atoms. The Morgan fingerprint density at radius 3 is 2.68 bits per heavy atom. The highest BCUT2D eigenvalue weighted by Crippen LogP contribution is 2.17. The molecule has 0 bridgehead atoms. The van der Waals surface area contributed by atoms with Gasteiger partial charge in [0.05, 0.1) is 6.21 Å². The van der Waals surface area contributed by atoms with Crippen LogP contribution in [0.3, 0.4) is 0 Å². The van der Waals surface area contributed by atoms with Gasteiger partial charge in [0.1, 0.15) is 12.4 Å². The first-order valence-electron chi connectivity index (χ1n) is 7.69. The van der Waals surface area contributed by atoms with Crippen molar-refractivity contribution in [3.63, 3.8) is 0 Å². The second-order valence-corrected chi connectivity index (χ2v) is 6.41. The zero-order valence-electron chi connectivity index (χ0n) is 13.9. The van der Waals surface area contributed by atoms with Crippen molar-refractivity contribution < 1.29 is 4.74 Å². The highest BCUT2D eigenvalue weighted by molar-refractivity contribution is 7.71. The van der Waals surface area contributed by atoms with Crippen LogP contribution in [0.5, 0.6) is 5.75 Å². The summed E-state index contributed by atoms with van der Waals surface area (Å²) in [7, 11) is 0. The van der Waals surface area contributed by atoms with Gasteiger partial charge in [-0.05, 0) is 67.0 Å². The van der Waals surface area contributed by atoms with E-state index in [0.29, 0.717) is 15.6 Å². The smallest absolute Gasteiger partial charge is 0.216 e. The molecule has 0 aliphatic heterocycles. The average Bonchev–Trinajstić information content (AvgIpc) is 2.95. The van der Waals surface area contributed by atoms with E-state index in [4.69, 9.17) is 28.6 Å². The second-order valence-electron chi connectivity index (χ2n) is 5.59. The molecule has 25 heavy (non-hydrogen) atoms. The number of nitrogens with zero attached hydrogens (tertiary/aromatic N) is 3.